The molecule has 1 aliphatic rings. The molecule has 5 nitrogen and oxygen atoms in total. The molecule has 1 amide bonds. The van der Waals surface area contributed by atoms with E-state index in [9.17, 15) is 18.0 Å². The first-order chi connectivity index (χ1) is 16.3. The Morgan fingerprint density at radius 2 is 1.71 bits per heavy atom. The number of alkyl halides is 3. The quantitative estimate of drug-likeness (QED) is 0.434. The zero-order chi connectivity index (χ0) is 24.1. The minimum absolute atomic E-state index is 0. The third-order valence-electron chi connectivity index (χ3n) is 6.09. The van der Waals surface area contributed by atoms with Crippen LogP contribution in [0.5, 0.6) is 0 Å². The van der Waals surface area contributed by atoms with E-state index in [1.54, 1.807) is 0 Å². The molecule has 0 unspecified atom stereocenters. The highest BCUT2D eigenvalue weighted by Crippen LogP contribution is 2.31. The number of anilines is 1. The molecule has 0 atom stereocenters. The fourth-order valence-corrected chi connectivity index (χ4v) is 4.26. The molecule has 3 aromatic rings. The number of benzene rings is 2. The third-order valence-corrected chi connectivity index (χ3v) is 6.09. The predicted molar refractivity (Wildman–Crippen MR) is 133 cm³/mol. The molecule has 9 heteroatoms. The van der Waals surface area contributed by atoms with Crippen molar-refractivity contribution in [2.45, 2.75) is 26.1 Å². The van der Waals surface area contributed by atoms with Crippen molar-refractivity contribution in [2.24, 2.45) is 0 Å². The lowest BCUT2D eigenvalue weighted by Crippen LogP contribution is -2.37. The van der Waals surface area contributed by atoms with Gasteiger partial charge in [0.25, 0.3) is 5.91 Å². The fraction of sp³-hybridized carbons (Fsp3) is 0.346. The van der Waals surface area contributed by atoms with Gasteiger partial charge in [-0.25, -0.2) is 0 Å². The number of hydrogen-bond donors (Lipinski definition) is 1. The van der Waals surface area contributed by atoms with Crippen LogP contribution in [0.3, 0.4) is 0 Å². The number of aromatic nitrogens is 1. The maximum Gasteiger partial charge on any atom is 0.416 e. The molecule has 0 aliphatic carbocycles. The molecule has 1 saturated heterocycles. The molecule has 0 bridgehead atoms. The number of halogens is 4. The number of hydrogen-bond acceptors (Lipinski definition) is 3. The van der Waals surface area contributed by atoms with Crippen LogP contribution in [0.4, 0.5) is 18.9 Å². The molecule has 2 heterocycles. The summed E-state index contributed by atoms with van der Waals surface area (Å²) in [6, 6.07) is 16.3. The molecule has 0 saturated carbocycles. The Morgan fingerprint density at radius 1 is 1.00 bits per heavy atom. The van der Waals surface area contributed by atoms with E-state index in [2.05, 4.69) is 14.8 Å². The molecule has 35 heavy (non-hydrogen) atoms. The van der Waals surface area contributed by atoms with Gasteiger partial charge in [-0.15, -0.1) is 12.4 Å². The SMILES string of the molecule is Cc1c(C(=O)Nc2cccc(C(F)(F)F)c2)cc(-c2ccccc2)n1CCCN1CCOCC1.Cl. The first kappa shape index (κ1) is 26.8. The lowest BCUT2D eigenvalue weighted by Gasteiger charge is -2.26. The van der Waals surface area contributed by atoms with Crippen molar-refractivity contribution in [3.8, 4) is 11.3 Å². The standard InChI is InChI=1S/C26H28F3N3O2.ClH/c1-19-23(25(33)30-22-10-5-9-21(17-22)26(27,28)29)18-24(20-7-3-2-4-8-20)32(19)12-6-11-31-13-15-34-16-14-31;/h2-5,7-10,17-18H,6,11-16H2,1H3,(H,30,33);1H. The van der Waals surface area contributed by atoms with Crippen LogP contribution < -0.4 is 5.32 Å². The Morgan fingerprint density at radius 3 is 2.40 bits per heavy atom. The summed E-state index contributed by atoms with van der Waals surface area (Å²) in [5, 5.41) is 2.64. The van der Waals surface area contributed by atoms with Gasteiger partial charge in [0.1, 0.15) is 0 Å². The smallest absolute Gasteiger partial charge is 0.379 e. The minimum Gasteiger partial charge on any atom is -0.379 e. The van der Waals surface area contributed by atoms with E-state index in [1.807, 2.05) is 43.3 Å². The van der Waals surface area contributed by atoms with Crippen molar-refractivity contribution in [3.63, 3.8) is 0 Å². The lowest BCUT2D eigenvalue weighted by molar-refractivity contribution is -0.137. The summed E-state index contributed by atoms with van der Waals surface area (Å²) in [5.41, 5.74) is 2.44. The molecule has 1 N–H and O–H groups in total. The summed E-state index contributed by atoms with van der Waals surface area (Å²) in [4.78, 5) is 15.5. The zero-order valence-corrected chi connectivity index (χ0v) is 20.3. The van der Waals surface area contributed by atoms with Crippen LogP contribution in [-0.4, -0.2) is 48.2 Å². The minimum atomic E-state index is -4.47. The van der Waals surface area contributed by atoms with E-state index in [0.717, 1.165) is 74.9 Å². The third kappa shape index (κ3) is 6.66. The average molecular weight is 508 g/mol. The van der Waals surface area contributed by atoms with Gasteiger partial charge in [0.05, 0.1) is 24.3 Å². The summed E-state index contributed by atoms with van der Waals surface area (Å²) >= 11 is 0. The Kier molecular flexibility index (Phi) is 8.99. The first-order valence-corrected chi connectivity index (χ1v) is 11.4. The van der Waals surface area contributed by atoms with Crippen molar-refractivity contribution in [3.05, 3.63) is 77.5 Å². The predicted octanol–water partition coefficient (Wildman–Crippen LogP) is 5.88. The molecule has 1 fully saturated rings. The summed E-state index contributed by atoms with van der Waals surface area (Å²) in [7, 11) is 0. The van der Waals surface area contributed by atoms with Crippen molar-refractivity contribution in [1.82, 2.24) is 9.47 Å². The molecular weight excluding hydrogens is 479 g/mol. The summed E-state index contributed by atoms with van der Waals surface area (Å²) < 4.78 is 46.7. The maximum absolute atomic E-state index is 13.1. The molecule has 188 valence electrons. The van der Waals surface area contributed by atoms with Crippen LogP contribution in [0.1, 0.15) is 28.0 Å². The number of nitrogens with one attached hydrogen (secondary N) is 1. The number of carbonyl (C=O) groups is 1. The Bertz CT molecular complexity index is 1130. The number of morpholine rings is 1. The highest BCUT2D eigenvalue weighted by atomic mass is 35.5. The molecule has 4 rings (SSSR count). The van der Waals surface area contributed by atoms with Gasteiger partial charge in [-0.2, -0.15) is 13.2 Å². The van der Waals surface area contributed by atoms with Crippen LogP contribution in [0.15, 0.2) is 60.7 Å². The Labute approximate surface area is 209 Å². The zero-order valence-electron chi connectivity index (χ0n) is 19.5. The van der Waals surface area contributed by atoms with Gasteiger partial charge in [0, 0.05) is 43.3 Å². The highest BCUT2D eigenvalue weighted by molar-refractivity contribution is 6.06. The highest BCUT2D eigenvalue weighted by Gasteiger charge is 2.30. The van der Waals surface area contributed by atoms with Crippen molar-refractivity contribution < 1.29 is 22.7 Å². The van der Waals surface area contributed by atoms with Crippen LogP contribution in [0.2, 0.25) is 0 Å². The fourth-order valence-electron chi connectivity index (χ4n) is 4.26. The van der Waals surface area contributed by atoms with Crippen molar-refractivity contribution in [1.29, 1.82) is 0 Å². The maximum atomic E-state index is 13.1. The van der Waals surface area contributed by atoms with Gasteiger partial charge in [0.15, 0.2) is 0 Å². The number of amides is 1. The summed E-state index contributed by atoms with van der Waals surface area (Å²) in [5.74, 6) is -0.430. The number of rotatable bonds is 7. The van der Waals surface area contributed by atoms with Crippen molar-refractivity contribution in [2.75, 3.05) is 38.2 Å². The van der Waals surface area contributed by atoms with E-state index in [1.165, 1.54) is 12.1 Å². The number of nitrogens with zero attached hydrogens (tertiary/aromatic N) is 2. The van der Waals surface area contributed by atoms with E-state index in [4.69, 9.17) is 4.74 Å². The normalized spacial score (nSPS) is 14.4. The van der Waals surface area contributed by atoms with Crippen LogP contribution in [0, 0.1) is 6.92 Å². The van der Waals surface area contributed by atoms with Crippen LogP contribution in [-0.2, 0) is 17.5 Å². The van der Waals surface area contributed by atoms with E-state index in [0.29, 0.717) is 5.56 Å². The second-order valence-electron chi connectivity index (χ2n) is 8.39. The molecule has 0 radical (unpaired) electrons. The number of carbonyl (C=O) groups excluding carboxylic acids is 1. The molecule has 0 spiro atoms. The van der Waals surface area contributed by atoms with E-state index < -0.39 is 17.6 Å². The molecular formula is C26H29ClF3N3O2. The van der Waals surface area contributed by atoms with Gasteiger partial charge in [-0.05, 0) is 43.2 Å². The second kappa shape index (κ2) is 11.7. The largest absolute Gasteiger partial charge is 0.416 e. The molecule has 1 aromatic heterocycles. The van der Waals surface area contributed by atoms with Gasteiger partial charge in [0.2, 0.25) is 0 Å². The van der Waals surface area contributed by atoms with E-state index >= 15 is 0 Å². The second-order valence-corrected chi connectivity index (χ2v) is 8.39. The topological polar surface area (TPSA) is 46.5 Å². The van der Waals surface area contributed by atoms with Gasteiger partial charge in [-0.1, -0.05) is 36.4 Å². The average Bonchev–Trinajstić information content (AvgIpc) is 3.16. The van der Waals surface area contributed by atoms with Gasteiger partial charge >= 0.3 is 6.18 Å². The van der Waals surface area contributed by atoms with Crippen LogP contribution in [0.25, 0.3) is 11.3 Å². The summed E-state index contributed by atoms with van der Waals surface area (Å²) in [6.45, 7) is 6.87. The van der Waals surface area contributed by atoms with Gasteiger partial charge in [-0.3, -0.25) is 9.69 Å². The molecule has 1 aliphatic heterocycles. The van der Waals surface area contributed by atoms with Gasteiger partial charge < -0.3 is 14.6 Å². The molecule has 2 aromatic carbocycles. The van der Waals surface area contributed by atoms with Crippen LogP contribution >= 0.6 is 12.4 Å². The first-order valence-electron chi connectivity index (χ1n) is 11.4. The number of ether oxygens (including phenoxy) is 1. The summed E-state index contributed by atoms with van der Waals surface area (Å²) in [6.07, 6.45) is -3.56. The lowest BCUT2D eigenvalue weighted by atomic mass is 10.1. The Balaban J connectivity index is 0.00000342. The van der Waals surface area contributed by atoms with Crippen molar-refractivity contribution >= 4 is 24.0 Å². The monoisotopic (exact) mass is 507 g/mol. The van der Waals surface area contributed by atoms with E-state index in [-0.39, 0.29) is 18.1 Å². The Hall–Kier alpha value is -2.81.